The van der Waals surface area contributed by atoms with Crippen LogP contribution in [-0.4, -0.2) is 99.6 Å². The molecule has 8 atom stereocenters. The zero-order chi connectivity index (χ0) is 57.5. The number of rotatable bonds is 56. The molecule has 8 unspecified atom stereocenters. The molecule has 1 aliphatic rings. The molecule has 1 aliphatic heterocycles. The van der Waals surface area contributed by atoms with Gasteiger partial charge in [0.2, 0.25) is 5.91 Å². The van der Waals surface area contributed by atoms with Gasteiger partial charge in [0.05, 0.1) is 25.4 Å². The van der Waals surface area contributed by atoms with E-state index in [0.29, 0.717) is 19.3 Å². The normalized spacial score (nSPS) is 19.2. The smallest absolute Gasteiger partial charge is 0.306 e. The summed E-state index contributed by atoms with van der Waals surface area (Å²) in [5.74, 6) is -1.20. The Kier molecular flexibility index (Phi) is 52.6. The summed E-state index contributed by atoms with van der Waals surface area (Å²) in [6.45, 7) is 5.78. The van der Waals surface area contributed by atoms with Crippen LogP contribution in [0.1, 0.15) is 297 Å². The summed E-state index contributed by atoms with van der Waals surface area (Å²) in [5.41, 5.74) is 0. The van der Waals surface area contributed by atoms with Gasteiger partial charge in [-0.3, -0.25) is 9.59 Å². The minimum atomic E-state index is -1.62. The molecule has 0 radical (unpaired) electrons. The van der Waals surface area contributed by atoms with E-state index >= 15 is 0 Å². The lowest BCUT2D eigenvalue weighted by atomic mass is 9.99. The van der Waals surface area contributed by atoms with Crippen molar-refractivity contribution in [3.63, 3.8) is 0 Å². The second kappa shape index (κ2) is 55.9. The molecule has 1 heterocycles. The van der Waals surface area contributed by atoms with Gasteiger partial charge < -0.3 is 45.1 Å². The molecule has 1 saturated heterocycles. The molecule has 0 bridgehead atoms. The van der Waals surface area contributed by atoms with E-state index in [-0.39, 0.29) is 13.0 Å². The summed E-state index contributed by atoms with van der Waals surface area (Å²) in [4.78, 5) is 26.6. The average molecular weight is 1110 g/mol. The van der Waals surface area contributed by atoms with E-state index in [4.69, 9.17) is 14.2 Å². The molecule has 11 nitrogen and oxygen atoms in total. The first kappa shape index (κ1) is 74.4. The number of aliphatic hydroxyl groups excluding tert-OH is 5. The number of amides is 1. The number of nitrogens with one attached hydrogen (secondary N) is 1. The maximum Gasteiger partial charge on any atom is 0.306 e. The summed E-state index contributed by atoms with van der Waals surface area (Å²) in [7, 11) is 0. The topological polar surface area (TPSA) is 175 Å². The van der Waals surface area contributed by atoms with Crippen LogP contribution in [0.5, 0.6) is 0 Å². The van der Waals surface area contributed by atoms with E-state index in [1.165, 1.54) is 148 Å². The Morgan fingerprint density at radius 3 is 1.33 bits per heavy atom. The van der Waals surface area contributed by atoms with Crippen molar-refractivity contribution in [3.05, 3.63) is 60.8 Å². The molecular weight excluding hydrogens is 991 g/mol. The van der Waals surface area contributed by atoms with Crippen molar-refractivity contribution in [2.24, 2.45) is 0 Å². The van der Waals surface area contributed by atoms with Crippen LogP contribution in [0.25, 0.3) is 0 Å². The fraction of sp³-hybridized carbons (Fsp3) is 0.824. The number of esters is 1. The summed E-state index contributed by atoms with van der Waals surface area (Å²) >= 11 is 0. The molecule has 1 rings (SSSR count). The van der Waals surface area contributed by atoms with Crippen LogP contribution in [0.15, 0.2) is 60.8 Å². The number of aliphatic hydroxyl groups is 5. The van der Waals surface area contributed by atoms with Crippen molar-refractivity contribution < 1.29 is 49.3 Å². The Hall–Kier alpha value is -2.64. The van der Waals surface area contributed by atoms with E-state index in [2.05, 4.69) is 74.7 Å². The molecular formula is C68H123NO10. The van der Waals surface area contributed by atoms with Crippen molar-refractivity contribution in [2.45, 2.75) is 346 Å². The summed E-state index contributed by atoms with van der Waals surface area (Å²) < 4.78 is 17.7. The first-order valence-electron chi connectivity index (χ1n) is 33.1. The second-order valence-electron chi connectivity index (χ2n) is 22.9. The van der Waals surface area contributed by atoms with E-state index in [9.17, 15) is 35.1 Å². The van der Waals surface area contributed by atoms with Gasteiger partial charge in [-0.25, -0.2) is 0 Å². The van der Waals surface area contributed by atoms with Crippen molar-refractivity contribution in [1.29, 1.82) is 0 Å². The molecule has 0 saturated carbocycles. The first-order valence-corrected chi connectivity index (χ1v) is 33.1. The zero-order valence-electron chi connectivity index (χ0n) is 51.0. The quantitative estimate of drug-likeness (QED) is 0.0195. The molecule has 1 fully saturated rings. The minimum absolute atomic E-state index is 0.111. The standard InChI is InChI=1S/C68H123NO10/c1-4-7-10-13-16-19-22-25-27-28-29-30-31-32-33-34-35-38-41-44-47-50-53-56-63(73)79-66-65(75)64(74)62(57-70)78-68(66)77-58-59(60(71)54-51-48-45-42-39-36-24-21-18-15-12-9-6-3)69-67(76)61(72)55-52-49-46-43-40-37-26-23-20-17-14-11-8-5-2/h16,19,25,27,29-30,32-33,51,54,59-62,64-66,68,70-72,74-75H,4-15,17-18,20-24,26,28,31,34-50,52-53,55-58H2,1-3H3,(H,69,76)/b19-16-,27-25-,30-29-,33-32-,54-51+. The lowest BCUT2D eigenvalue weighted by molar-refractivity contribution is -0.305. The SMILES string of the molecule is CCCCC/C=C\C/C=C\C/C=C\C/C=C\CCCCCCCCCC(=O)OC1C(OCC(NC(=O)C(O)CCCCCCCCCCCCCCCC)C(O)/C=C/CCCCCCCCCCCCC)OC(CO)C(O)C1O. The zero-order valence-corrected chi connectivity index (χ0v) is 51.0. The molecule has 0 spiro atoms. The Morgan fingerprint density at radius 2 is 0.873 bits per heavy atom. The number of ether oxygens (including phenoxy) is 3. The van der Waals surface area contributed by atoms with Crippen molar-refractivity contribution in [1.82, 2.24) is 5.32 Å². The van der Waals surface area contributed by atoms with Gasteiger partial charge in [0.15, 0.2) is 12.4 Å². The lowest BCUT2D eigenvalue weighted by Gasteiger charge is -2.41. The number of unbranched alkanes of at least 4 members (excludes halogenated alkanes) is 34. The maximum absolute atomic E-state index is 13.4. The molecule has 0 aromatic rings. The highest BCUT2D eigenvalue weighted by atomic mass is 16.7. The third-order valence-electron chi connectivity index (χ3n) is 15.4. The summed E-state index contributed by atoms with van der Waals surface area (Å²) in [6.07, 6.45) is 59.6. The molecule has 0 aliphatic carbocycles. The molecule has 460 valence electrons. The molecule has 6 N–H and O–H groups in total. The van der Waals surface area contributed by atoms with Crippen LogP contribution >= 0.6 is 0 Å². The summed E-state index contributed by atoms with van der Waals surface area (Å²) in [5, 5.41) is 57.1. The van der Waals surface area contributed by atoms with Crippen LogP contribution in [0.2, 0.25) is 0 Å². The molecule has 79 heavy (non-hydrogen) atoms. The van der Waals surface area contributed by atoms with Gasteiger partial charge in [0.25, 0.3) is 0 Å². The van der Waals surface area contributed by atoms with Gasteiger partial charge >= 0.3 is 5.97 Å². The third kappa shape index (κ3) is 43.7. The van der Waals surface area contributed by atoms with Crippen LogP contribution in [-0.2, 0) is 23.8 Å². The number of carbonyl (C=O) groups is 2. The van der Waals surface area contributed by atoms with Crippen LogP contribution < -0.4 is 5.32 Å². The lowest BCUT2D eigenvalue weighted by Crippen LogP contribution is -2.61. The van der Waals surface area contributed by atoms with Gasteiger partial charge in [-0.1, -0.05) is 281 Å². The molecule has 0 aromatic carbocycles. The highest BCUT2D eigenvalue weighted by Crippen LogP contribution is 2.26. The second-order valence-corrected chi connectivity index (χ2v) is 22.9. The maximum atomic E-state index is 13.4. The predicted octanol–water partition coefficient (Wildman–Crippen LogP) is 16.2. The van der Waals surface area contributed by atoms with Gasteiger partial charge in [-0.05, 0) is 70.6 Å². The average Bonchev–Trinajstić information content (AvgIpc) is 3.50. The van der Waals surface area contributed by atoms with Crippen molar-refractivity contribution >= 4 is 11.9 Å². The van der Waals surface area contributed by atoms with Gasteiger partial charge in [-0.15, -0.1) is 0 Å². The van der Waals surface area contributed by atoms with Gasteiger partial charge in [-0.2, -0.15) is 0 Å². The fourth-order valence-electron chi connectivity index (χ4n) is 10.2. The Balaban J connectivity index is 2.64. The molecule has 0 aromatic heterocycles. The predicted molar refractivity (Wildman–Crippen MR) is 329 cm³/mol. The number of carbonyl (C=O) groups excluding carboxylic acids is 2. The van der Waals surface area contributed by atoms with Crippen LogP contribution in [0.4, 0.5) is 0 Å². The molecule has 1 amide bonds. The monoisotopic (exact) mass is 1110 g/mol. The van der Waals surface area contributed by atoms with Crippen molar-refractivity contribution in [3.8, 4) is 0 Å². The largest absolute Gasteiger partial charge is 0.454 e. The van der Waals surface area contributed by atoms with E-state index < -0.39 is 67.4 Å². The van der Waals surface area contributed by atoms with Crippen molar-refractivity contribution in [2.75, 3.05) is 13.2 Å². The Morgan fingerprint density at radius 1 is 0.494 bits per heavy atom. The number of hydrogen-bond donors (Lipinski definition) is 6. The fourth-order valence-corrected chi connectivity index (χ4v) is 10.2. The number of hydrogen-bond acceptors (Lipinski definition) is 10. The van der Waals surface area contributed by atoms with E-state index in [1.54, 1.807) is 6.08 Å². The van der Waals surface area contributed by atoms with E-state index in [1.807, 2.05) is 6.08 Å². The highest BCUT2D eigenvalue weighted by Gasteiger charge is 2.47. The molecule has 11 heteroatoms. The Bertz CT molecular complexity index is 1510. The minimum Gasteiger partial charge on any atom is -0.454 e. The number of allylic oxidation sites excluding steroid dienone is 9. The van der Waals surface area contributed by atoms with E-state index in [0.717, 1.165) is 103 Å². The van der Waals surface area contributed by atoms with Crippen LogP contribution in [0, 0.1) is 0 Å². The third-order valence-corrected chi connectivity index (χ3v) is 15.4. The summed E-state index contributed by atoms with van der Waals surface area (Å²) in [6, 6.07) is -1.03. The van der Waals surface area contributed by atoms with Gasteiger partial charge in [0, 0.05) is 6.42 Å². The van der Waals surface area contributed by atoms with Crippen LogP contribution in [0.3, 0.4) is 0 Å². The first-order chi connectivity index (χ1) is 38.7. The highest BCUT2D eigenvalue weighted by molar-refractivity contribution is 5.80. The Labute approximate surface area is 484 Å². The van der Waals surface area contributed by atoms with Gasteiger partial charge in [0.1, 0.15) is 24.4 Å².